The first-order chi connectivity index (χ1) is 9.97. The van der Waals surface area contributed by atoms with Crippen molar-refractivity contribution in [2.45, 2.75) is 46.0 Å². The number of carbonyl (C=O) groups is 1. The minimum atomic E-state index is -0.555. The first-order valence-corrected chi connectivity index (χ1v) is 7.48. The van der Waals surface area contributed by atoms with Gasteiger partial charge in [-0.1, -0.05) is 26.7 Å². The van der Waals surface area contributed by atoms with E-state index in [0.29, 0.717) is 5.92 Å². The second-order valence-electron chi connectivity index (χ2n) is 6.35. The van der Waals surface area contributed by atoms with E-state index in [4.69, 9.17) is 5.26 Å². The van der Waals surface area contributed by atoms with Gasteiger partial charge in [0.25, 0.3) is 0 Å². The van der Waals surface area contributed by atoms with Gasteiger partial charge < -0.3 is 5.32 Å². The lowest BCUT2D eigenvalue weighted by molar-refractivity contribution is -0.126. The summed E-state index contributed by atoms with van der Waals surface area (Å²) >= 11 is 0. The van der Waals surface area contributed by atoms with Gasteiger partial charge in [0.15, 0.2) is 0 Å². The average Bonchev–Trinajstić information content (AvgIpc) is 2.89. The maximum Gasteiger partial charge on any atom is 0.230 e. The minimum Gasteiger partial charge on any atom is -0.323 e. The third-order valence-electron chi connectivity index (χ3n) is 4.19. The number of benzene rings is 1. The van der Waals surface area contributed by atoms with Gasteiger partial charge in [0.05, 0.1) is 17.3 Å². The van der Waals surface area contributed by atoms with Crippen LogP contribution in [-0.4, -0.2) is 5.91 Å². The topological polar surface area (TPSA) is 52.9 Å². The average molecular weight is 288 g/mol. The summed E-state index contributed by atoms with van der Waals surface area (Å²) in [4.78, 5) is 12.6. The molecule has 1 fully saturated rings. The Kier molecular flexibility index (Phi) is 4.62. The molecule has 1 amide bonds. The maximum atomic E-state index is 13.9. The number of hydrogen-bond acceptors (Lipinski definition) is 2. The molecule has 2 rings (SSSR count). The number of nitrogens with zero attached hydrogens (tertiary/aromatic N) is 1. The molecule has 0 heterocycles. The Labute approximate surface area is 125 Å². The Morgan fingerprint density at radius 3 is 2.62 bits per heavy atom. The summed E-state index contributed by atoms with van der Waals surface area (Å²) in [5.41, 5.74) is 0.0476. The van der Waals surface area contributed by atoms with Gasteiger partial charge >= 0.3 is 0 Å². The fourth-order valence-electron chi connectivity index (χ4n) is 3.30. The van der Waals surface area contributed by atoms with Crippen molar-refractivity contribution in [2.75, 3.05) is 5.32 Å². The summed E-state index contributed by atoms with van der Waals surface area (Å²) in [7, 11) is 0. The van der Waals surface area contributed by atoms with E-state index in [-0.39, 0.29) is 22.6 Å². The molecule has 1 aromatic rings. The highest BCUT2D eigenvalue weighted by Crippen LogP contribution is 2.44. The van der Waals surface area contributed by atoms with Crippen molar-refractivity contribution in [3.8, 4) is 6.07 Å². The van der Waals surface area contributed by atoms with E-state index in [1.807, 2.05) is 6.07 Å². The van der Waals surface area contributed by atoms with Crippen molar-refractivity contribution < 1.29 is 9.18 Å². The van der Waals surface area contributed by atoms with Crippen LogP contribution in [0.25, 0.3) is 0 Å². The largest absolute Gasteiger partial charge is 0.323 e. The smallest absolute Gasteiger partial charge is 0.230 e. The third kappa shape index (κ3) is 3.41. The number of nitriles is 1. The molecule has 0 aromatic heterocycles. The highest BCUT2D eigenvalue weighted by atomic mass is 19.1. The molecule has 0 atom stereocenters. The van der Waals surface area contributed by atoms with Gasteiger partial charge in [0.2, 0.25) is 5.91 Å². The van der Waals surface area contributed by atoms with Crippen molar-refractivity contribution >= 4 is 11.6 Å². The van der Waals surface area contributed by atoms with E-state index >= 15 is 0 Å². The van der Waals surface area contributed by atoms with Gasteiger partial charge in [0.1, 0.15) is 5.82 Å². The lowest BCUT2D eigenvalue weighted by Gasteiger charge is -2.29. The molecule has 0 unspecified atom stereocenters. The van der Waals surface area contributed by atoms with Crippen molar-refractivity contribution in [3.05, 3.63) is 29.6 Å². The van der Waals surface area contributed by atoms with E-state index in [9.17, 15) is 9.18 Å². The number of anilines is 1. The first kappa shape index (κ1) is 15.5. The zero-order valence-corrected chi connectivity index (χ0v) is 12.6. The lowest BCUT2D eigenvalue weighted by Crippen LogP contribution is -2.35. The van der Waals surface area contributed by atoms with Crippen LogP contribution in [0.15, 0.2) is 18.2 Å². The molecule has 0 spiro atoms. The molecule has 1 aliphatic carbocycles. The number of hydrogen-bond donors (Lipinski definition) is 1. The normalized spacial score (nSPS) is 16.7. The molecule has 3 nitrogen and oxygen atoms in total. The Morgan fingerprint density at radius 2 is 2.10 bits per heavy atom. The second-order valence-corrected chi connectivity index (χ2v) is 6.35. The summed E-state index contributed by atoms with van der Waals surface area (Å²) in [6.07, 6.45) is 4.67. The zero-order valence-electron chi connectivity index (χ0n) is 12.6. The number of nitrogens with one attached hydrogen (secondary N) is 1. The van der Waals surface area contributed by atoms with Gasteiger partial charge in [-0.15, -0.1) is 0 Å². The third-order valence-corrected chi connectivity index (χ3v) is 4.19. The molecule has 1 N–H and O–H groups in total. The van der Waals surface area contributed by atoms with Gasteiger partial charge in [0, 0.05) is 5.41 Å². The fraction of sp³-hybridized carbons (Fsp3) is 0.529. The molecule has 1 saturated carbocycles. The standard InChI is InChI=1S/C17H21FN2O/c1-12(2)10-17(7-3-4-8-17)16(21)20-15-6-5-13(11-19)9-14(15)18/h5-6,9,12H,3-4,7-8,10H2,1-2H3,(H,20,21). The van der Waals surface area contributed by atoms with Gasteiger partial charge in [-0.25, -0.2) is 4.39 Å². The molecular weight excluding hydrogens is 267 g/mol. The molecule has 0 bridgehead atoms. The van der Waals surface area contributed by atoms with Crippen LogP contribution in [0.2, 0.25) is 0 Å². The molecule has 1 aromatic carbocycles. The van der Waals surface area contributed by atoms with Crippen LogP contribution in [0.5, 0.6) is 0 Å². The van der Waals surface area contributed by atoms with Crippen molar-refractivity contribution in [1.29, 1.82) is 5.26 Å². The van der Waals surface area contributed by atoms with Crippen LogP contribution in [-0.2, 0) is 4.79 Å². The number of amides is 1. The summed E-state index contributed by atoms with van der Waals surface area (Å²) in [6, 6.07) is 6.01. The molecule has 0 radical (unpaired) electrons. The van der Waals surface area contributed by atoms with Crippen LogP contribution in [0.4, 0.5) is 10.1 Å². The maximum absolute atomic E-state index is 13.9. The molecule has 0 saturated heterocycles. The highest BCUT2D eigenvalue weighted by molar-refractivity contribution is 5.95. The molecule has 1 aliphatic rings. The van der Waals surface area contributed by atoms with E-state index in [0.717, 1.165) is 38.2 Å². The quantitative estimate of drug-likeness (QED) is 0.900. The fourth-order valence-corrected chi connectivity index (χ4v) is 3.30. The Morgan fingerprint density at radius 1 is 1.43 bits per heavy atom. The SMILES string of the molecule is CC(C)CC1(C(=O)Nc2ccc(C#N)cc2F)CCCC1. The number of halogens is 1. The molecule has 112 valence electrons. The first-order valence-electron chi connectivity index (χ1n) is 7.48. The summed E-state index contributed by atoms with van der Waals surface area (Å²) < 4.78 is 13.9. The van der Waals surface area contributed by atoms with Gasteiger partial charge in [-0.05, 0) is 43.4 Å². The predicted molar refractivity (Wildman–Crippen MR) is 80.1 cm³/mol. The molecule has 4 heteroatoms. The predicted octanol–water partition coefficient (Wildman–Crippen LogP) is 4.24. The van der Waals surface area contributed by atoms with Crippen molar-refractivity contribution in [3.63, 3.8) is 0 Å². The highest BCUT2D eigenvalue weighted by Gasteiger charge is 2.41. The van der Waals surface area contributed by atoms with E-state index in [2.05, 4.69) is 19.2 Å². The van der Waals surface area contributed by atoms with Crippen LogP contribution < -0.4 is 5.32 Å². The van der Waals surface area contributed by atoms with Gasteiger partial charge in [-0.2, -0.15) is 5.26 Å². The van der Waals surface area contributed by atoms with Crippen LogP contribution in [0.1, 0.15) is 51.5 Å². The minimum absolute atomic E-state index is 0.0858. The van der Waals surface area contributed by atoms with Crippen LogP contribution in [0.3, 0.4) is 0 Å². The second kappa shape index (κ2) is 6.26. The molecule has 0 aliphatic heterocycles. The summed E-state index contributed by atoms with van der Waals surface area (Å²) in [5, 5.41) is 11.5. The van der Waals surface area contributed by atoms with Crippen molar-refractivity contribution in [2.24, 2.45) is 11.3 Å². The Hall–Kier alpha value is -1.89. The lowest BCUT2D eigenvalue weighted by atomic mass is 9.77. The number of rotatable bonds is 4. The Bertz CT molecular complexity index is 569. The summed E-state index contributed by atoms with van der Waals surface area (Å²) in [5.74, 6) is -0.211. The number of carbonyl (C=O) groups excluding carboxylic acids is 1. The zero-order chi connectivity index (χ0) is 15.5. The van der Waals surface area contributed by atoms with Crippen LogP contribution in [0, 0.1) is 28.5 Å². The van der Waals surface area contributed by atoms with Crippen molar-refractivity contribution in [1.82, 2.24) is 0 Å². The van der Waals surface area contributed by atoms with Crippen LogP contribution >= 0.6 is 0 Å². The van der Waals surface area contributed by atoms with E-state index in [1.165, 1.54) is 12.1 Å². The molecule has 21 heavy (non-hydrogen) atoms. The molecular formula is C17H21FN2O. The summed E-state index contributed by atoms with van der Waals surface area (Å²) in [6.45, 7) is 4.21. The van der Waals surface area contributed by atoms with E-state index in [1.54, 1.807) is 0 Å². The van der Waals surface area contributed by atoms with Gasteiger partial charge in [-0.3, -0.25) is 4.79 Å². The van der Waals surface area contributed by atoms with E-state index < -0.39 is 5.82 Å². The Balaban J connectivity index is 2.18. The monoisotopic (exact) mass is 288 g/mol.